The van der Waals surface area contributed by atoms with Gasteiger partial charge < -0.3 is 5.32 Å². The fourth-order valence-electron chi connectivity index (χ4n) is 3.48. The average molecular weight is 486 g/mol. The molecule has 0 bridgehead atoms. The van der Waals surface area contributed by atoms with Crippen molar-refractivity contribution in [1.29, 1.82) is 5.26 Å². The minimum atomic E-state index is -0.547. The van der Waals surface area contributed by atoms with Crippen molar-refractivity contribution in [1.82, 2.24) is 9.88 Å². The summed E-state index contributed by atoms with van der Waals surface area (Å²) < 4.78 is 2.02. The van der Waals surface area contributed by atoms with Crippen molar-refractivity contribution in [3.63, 3.8) is 0 Å². The lowest BCUT2D eigenvalue weighted by Crippen LogP contribution is -2.34. The molecule has 3 aromatic carbocycles. The molecule has 0 radical (unpaired) electrons. The summed E-state index contributed by atoms with van der Waals surface area (Å²) in [5.74, 6) is -0.547. The lowest BCUT2D eigenvalue weighted by molar-refractivity contribution is -0.116. The second-order valence-corrected chi connectivity index (χ2v) is 8.94. The van der Waals surface area contributed by atoms with Crippen molar-refractivity contribution in [3.8, 4) is 11.8 Å². The van der Waals surface area contributed by atoms with Crippen molar-refractivity contribution in [2.45, 2.75) is 13.0 Å². The lowest BCUT2D eigenvalue weighted by atomic mass is 10.1. The first-order valence-corrected chi connectivity index (χ1v) is 11.7. The van der Waals surface area contributed by atoms with Gasteiger partial charge in [0.1, 0.15) is 10.7 Å². The number of aromatic nitrogens is 1. The molecule has 7 heteroatoms. The molecule has 0 aliphatic carbocycles. The van der Waals surface area contributed by atoms with Crippen LogP contribution in [0.4, 0.5) is 0 Å². The molecule has 5 nitrogen and oxygen atoms in total. The molecule has 0 saturated carbocycles. The van der Waals surface area contributed by atoms with Crippen LogP contribution in [-0.4, -0.2) is 10.5 Å². The van der Waals surface area contributed by atoms with Crippen molar-refractivity contribution >= 4 is 40.5 Å². The Kier molecular flexibility index (Phi) is 7.07. The number of thiazole rings is 1. The Morgan fingerprint density at radius 2 is 1.65 bits per heavy atom. The number of nitriles is 1. The number of amides is 1. The van der Waals surface area contributed by atoms with Crippen LogP contribution >= 0.6 is 22.9 Å². The van der Waals surface area contributed by atoms with E-state index in [9.17, 15) is 14.9 Å². The number of halogens is 1. The molecule has 4 aromatic rings. The number of nitrogens with zero attached hydrogens (tertiary/aromatic N) is 2. The number of hydrogen-bond donors (Lipinski definition) is 1. The normalized spacial score (nSPS) is 13.1. The maximum absolute atomic E-state index is 13.4. The van der Waals surface area contributed by atoms with E-state index in [1.54, 1.807) is 42.5 Å². The summed E-state index contributed by atoms with van der Waals surface area (Å²) in [6.45, 7) is 1.84. The fourth-order valence-corrected chi connectivity index (χ4v) is 4.77. The van der Waals surface area contributed by atoms with E-state index in [4.69, 9.17) is 11.6 Å². The molecule has 0 spiro atoms. The molecule has 34 heavy (non-hydrogen) atoms. The minimum Gasteiger partial charge on any atom is -0.345 e. The number of para-hydroxylation sites is 1. The van der Waals surface area contributed by atoms with Crippen LogP contribution in [0.3, 0.4) is 0 Å². The molecular formula is C27H20ClN3O2S. The van der Waals surface area contributed by atoms with Crippen molar-refractivity contribution < 1.29 is 4.79 Å². The third-order valence-electron chi connectivity index (χ3n) is 5.23. The van der Waals surface area contributed by atoms with Crippen LogP contribution in [0, 0.1) is 11.3 Å². The van der Waals surface area contributed by atoms with Gasteiger partial charge in [-0.05, 0) is 42.3 Å². The molecule has 0 aliphatic rings. The molecule has 1 amide bonds. The summed E-state index contributed by atoms with van der Waals surface area (Å²) in [4.78, 5) is 26.6. The smallest absolute Gasteiger partial charge is 0.273 e. The summed E-state index contributed by atoms with van der Waals surface area (Å²) in [5.41, 5.74) is 1.69. The highest BCUT2D eigenvalue weighted by atomic mass is 35.5. The SMILES string of the molecule is CC(NC(=O)C(C#N)=c1sc(=Cc2ccccc2Cl)c(=O)n1-c1ccccc1)c1ccccc1. The number of carbonyl (C=O) groups is 1. The first-order valence-electron chi connectivity index (χ1n) is 10.5. The van der Waals surface area contributed by atoms with E-state index < -0.39 is 5.91 Å². The van der Waals surface area contributed by atoms with E-state index in [0.29, 0.717) is 20.8 Å². The summed E-state index contributed by atoms with van der Waals surface area (Å²) in [6.07, 6.45) is 1.68. The van der Waals surface area contributed by atoms with Gasteiger partial charge in [-0.1, -0.05) is 78.3 Å². The van der Waals surface area contributed by atoms with Gasteiger partial charge in [0.2, 0.25) is 0 Å². The average Bonchev–Trinajstić information content (AvgIpc) is 3.17. The van der Waals surface area contributed by atoms with E-state index in [1.165, 1.54) is 4.57 Å². The Balaban J connectivity index is 1.91. The summed E-state index contributed by atoms with van der Waals surface area (Å²) in [5, 5.41) is 13.3. The monoisotopic (exact) mass is 485 g/mol. The highest BCUT2D eigenvalue weighted by Gasteiger charge is 2.19. The molecular weight excluding hydrogens is 466 g/mol. The van der Waals surface area contributed by atoms with Crippen LogP contribution in [-0.2, 0) is 4.79 Å². The van der Waals surface area contributed by atoms with E-state index in [2.05, 4.69) is 5.32 Å². The Morgan fingerprint density at radius 3 is 2.29 bits per heavy atom. The molecule has 1 atom stereocenters. The second kappa shape index (κ2) is 10.3. The van der Waals surface area contributed by atoms with Gasteiger partial charge in [0.25, 0.3) is 11.5 Å². The predicted octanol–water partition coefficient (Wildman–Crippen LogP) is 3.93. The molecule has 1 N–H and O–H groups in total. The molecule has 0 saturated heterocycles. The number of rotatable bonds is 5. The van der Waals surface area contributed by atoms with Gasteiger partial charge in [-0.2, -0.15) is 5.26 Å². The predicted molar refractivity (Wildman–Crippen MR) is 136 cm³/mol. The number of nitrogens with one attached hydrogen (secondary N) is 1. The highest BCUT2D eigenvalue weighted by Crippen LogP contribution is 2.15. The van der Waals surface area contributed by atoms with Crippen molar-refractivity contribution in [2.75, 3.05) is 0 Å². The third kappa shape index (κ3) is 4.86. The molecule has 0 aliphatic heterocycles. The van der Waals surface area contributed by atoms with Crippen LogP contribution in [0.25, 0.3) is 17.3 Å². The van der Waals surface area contributed by atoms with Gasteiger partial charge >= 0.3 is 0 Å². The van der Waals surface area contributed by atoms with E-state index >= 15 is 0 Å². The van der Waals surface area contributed by atoms with Gasteiger partial charge in [-0.25, -0.2) is 0 Å². The summed E-state index contributed by atoms with van der Waals surface area (Å²) in [7, 11) is 0. The standard InChI is InChI=1S/C27H20ClN3O2S/c1-18(19-10-4-2-5-11-19)30-25(32)22(17-29)27-31(21-13-6-3-7-14-21)26(33)24(34-27)16-20-12-8-9-15-23(20)28/h2-16,18H,1H3,(H,30,32). The molecule has 0 fully saturated rings. The number of benzene rings is 3. The largest absolute Gasteiger partial charge is 0.345 e. The van der Waals surface area contributed by atoms with Crippen LogP contribution in [0.2, 0.25) is 5.02 Å². The van der Waals surface area contributed by atoms with Crippen LogP contribution in [0.1, 0.15) is 24.1 Å². The van der Waals surface area contributed by atoms with E-state index in [-0.39, 0.29) is 21.8 Å². The topological polar surface area (TPSA) is 74.9 Å². The Labute approximate surface area is 205 Å². The van der Waals surface area contributed by atoms with Gasteiger partial charge in [0.05, 0.1) is 16.3 Å². The van der Waals surface area contributed by atoms with Gasteiger partial charge in [0.15, 0.2) is 5.57 Å². The maximum Gasteiger partial charge on any atom is 0.273 e. The number of hydrogen-bond acceptors (Lipinski definition) is 4. The molecule has 168 valence electrons. The Bertz CT molecular complexity index is 1550. The fraction of sp³-hybridized carbons (Fsp3) is 0.0741. The molecule has 4 rings (SSSR count). The van der Waals surface area contributed by atoms with Crippen molar-refractivity contribution in [3.05, 3.63) is 121 Å². The minimum absolute atomic E-state index is 0.132. The van der Waals surface area contributed by atoms with Crippen molar-refractivity contribution in [2.24, 2.45) is 0 Å². The Morgan fingerprint density at radius 1 is 1.03 bits per heavy atom. The van der Waals surface area contributed by atoms with Gasteiger partial charge in [-0.3, -0.25) is 14.2 Å². The highest BCUT2D eigenvalue weighted by molar-refractivity contribution is 7.07. The lowest BCUT2D eigenvalue weighted by Gasteiger charge is -2.13. The van der Waals surface area contributed by atoms with Gasteiger partial charge in [-0.15, -0.1) is 11.3 Å². The van der Waals surface area contributed by atoms with E-state index in [1.807, 2.05) is 61.5 Å². The zero-order valence-corrected chi connectivity index (χ0v) is 19.8. The summed E-state index contributed by atoms with van der Waals surface area (Å²) >= 11 is 7.37. The quantitative estimate of drug-likeness (QED) is 0.465. The Hall–Kier alpha value is -3.92. The zero-order chi connectivity index (χ0) is 24.1. The maximum atomic E-state index is 13.4. The van der Waals surface area contributed by atoms with Crippen LogP contribution in [0.15, 0.2) is 89.7 Å². The summed E-state index contributed by atoms with van der Waals surface area (Å²) in [6, 6.07) is 27.3. The van der Waals surface area contributed by atoms with Crippen LogP contribution in [0.5, 0.6) is 0 Å². The third-order valence-corrected chi connectivity index (χ3v) is 6.67. The molecule has 1 heterocycles. The zero-order valence-electron chi connectivity index (χ0n) is 18.2. The second-order valence-electron chi connectivity index (χ2n) is 7.51. The van der Waals surface area contributed by atoms with E-state index in [0.717, 1.165) is 16.9 Å². The first-order chi connectivity index (χ1) is 16.5. The molecule has 1 unspecified atom stereocenters. The first kappa shape index (κ1) is 23.2. The molecule has 1 aromatic heterocycles. The van der Waals surface area contributed by atoms with Crippen LogP contribution < -0.4 is 20.1 Å². The number of carbonyl (C=O) groups excluding carboxylic acids is 1. The van der Waals surface area contributed by atoms with Gasteiger partial charge in [0, 0.05) is 5.02 Å².